The number of benzene rings is 1. The molecule has 0 unspecified atom stereocenters. The van der Waals surface area contributed by atoms with Gasteiger partial charge in [0.2, 0.25) is 5.91 Å². The molecule has 26 heavy (non-hydrogen) atoms. The lowest BCUT2D eigenvalue weighted by Gasteiger charge is -2.21. The fourth-order valence-corrected chi connectivity index (χ4v) is 3.11. The maximum Gasteiger partial charge on any atom is 0.222 e. The molecule has 0 fully saturated rings. The highest BCUT2D eigenvalue weighted by molar-refractivity contribution is 7.09. The van der Waals surface area contributed by atoms with Crippen LogP contribution in [-0.4, -0.2) is 43.2 Å². The van der Waals surface area contributed by atoms with Gasteiger partial charge in [0.25, 0.3) is 0 Å². The Hall–Kier alpha value is -2.12. The van der Waals surface area contributed by atoms with Crippen molar-refractivity contribution in [2.75, 3.05) is 27.4 Å². The third-order valence-corrected chi connectivity index (χ3v) is 4.68. The number of hydrogen-bond acceptors (Lipinski definition) is 6. The summed E-state index contributed by atoms with van der Waals surface area (Å²) in [5.74, 6) is 1.69. The number of amides is 1. The van der Waals surface area contributed by atoms with Crippen LogP contribution in [-0.2, 0) is 22.7 Å². The molecule has 0 spiro atoms. The van der Waals surface area contributed by atoms with Gasteiger partial charge in [0, 0.05) is 32.1 Å². The van der Waals surface area contributed by atoms with E-state index in [1.807, 2.05) is 41.5 Å². The van der Waals surface area contributed by atoms with E-state index in [-0.39, 0.29) is 5.91 Å². The molecule has 142 valence electrons. The predicted molar refractivity (Wildman–Crippen MR) is 102 cm³/mol. The molecule has 0 N–H and O–H groups in total. The third-order valence-electron chi connectivity index (χ3n) is 3.81. The maximum atomic E-state index is 12.1. The number of hydrogen-bond donors (Lipinski definition) is 0. The van der Waals surface area contributed by atoms with E-state index in [0.29, 0.717) is 32.7 Å². The number of thiazole rings is 1. The topological polar surface area (TPSA) is 60.9 Å². The Labute approximate surface area is 158 Å². The smallest absolute Gasteiger partial charge is 0.222 e. The van der Waals surface area contributed by atoms with E-state index >= 15 is 0 Å². The first-order chi connectivity index (χ1) is 12.7. The van der Waals surface area contributed by atoms with Gasteiger partial charge in [-0.1, -0.05) is 6.92 Å². The van der Waals surface area contributed by atoms with Gasteiger partial charge in [-0.2, -0.15) is 0 Å². The molecule has 1 amide bonds. The van der Waals surface area contributed by atoms with Crippen LogP contribution < -0.4 is 9.47 Å². The summed E-state index contributed by atoms with van der Waals surface area (Å²) in [6.45, 7) is 4.12. The van der Waals surface area contributed by atoms with Gasteiger partial charge in [0.05, 0.1) is 19.3 Å². The largest absolute Gasteiger partial charge is 0.497 e. The lowest BCUT2D eigenvalue weighted by molar-refractivity contribution is -0.131. The standard InChI is InChI=1S/C19H26N2O4S/c1-4-19(22)21(10-5-11-23-2)12-15-14-26-18(20-15)13-25-17-8-6-16(24-3)7-9-17/h6-9,14H,4-5,10-13H2,1-3H3. The quantitative estimate of drug-likeness (QED) is 0.560. The molecule has 7 heteroatoms. The molecule has 1 aromatic heterocycles. The summed E-state index contributed by atoms with van der Waals surface area (Å²) in [5, 5.41) is 2.87. The van der Waals surface area contributed by atoms with E-state index in [2.05, 4.69) is 4.98 Å². The highest BCUT2D eigenvalue weighted by Crippen LogP contribution is 2.19. The SMILES string of the molecule is CCC(=O)N(CCCOC)Cc1csc(COc2ccc(OC)cc2)n1. The van der Waals surface area contributed by atoms with Gasteiger partial charge in [-0.15, -0.1) is 11.3 Å². The monoisotopic (exact) mass is 378 g/mol. The minimum absolute atomic E-state index is 0.130. The van der Waals surface area contributed by atoms with Crippen LogP contribution in [0.1, 0.15) is 30.5 Å². The molecule has 2 aromatic rings. The zero-order valence-electron chi connectivity index (χ0n) is 15.6. The molecule has 0 bridgehead atoms. The summed E-state index contributed by atoms with van der Waals surface area (Å²) in [6.07, 6.45) is 1.31. The van der Waals surface area contributed by atoms with E-state index in [1.54, 1.807) is 25.6 Å². The summed E-state index contributed by atoms with van der Waals surface area (Å²) in [4.78, 5) is 18.5. The van der Waals surface area contributed by atoms with Crippen LogP contribution in [0.3, 0.4) is 0 Å². The fourth-order valence-electron chi connectivity index (χ4n) is 2.42. The summed E-state index contributed by atoms with van der Waals surface area (Å²) in [5.41, 5.74) is 0.891. The van der Waals surface area contributed by atoms with Crippen LogP contribution in [0.4, 0.5) is 0 Å². The molecule has 1 aromatic carbocycles. The van der Waals surface area contributed by atoms with Crippen molar-refractivity contribution in [1.29, 1.82) is 0 Å². The number of ether oxygens (including phenoxy) is 3. The van der Waals surface area contributed by atoms with Gasteiger partial charge in [-0.25, -0.2) is 4.98 Å². The van der Waals surface area contributed by atoms with Crippen molar-refractivity contribution in [3.63, 3.8) is 0 Å². The van der Waals surface area contributed by atoms with Gasteiger partial charge in [0.1, 0.15) is 23.1 Å². The minimum atomic E-state index is 0.130. The zero-order chi connectivity index (χ0) is 18.8. The molecule has 0 aliphatic carbocycles. The predicted octanol–water partition coefficient (Wildman–Crippen LogP) is 3.51. The third kappa shape index (κ3) is 6.31. The van der Waals surface area contributed by atoms with E-state index < -0.39 is 0 Å². The minimum Gasteiger partial charge on any atom is -0.497 e. The van der Waals surface area contributed by atoms with Crippen LogP contribution in [0.5, 0.6) is 11.5 Å². The van der Waals surface area contributed by atoms with Crippen LogP contribution in [0.2, 0.25) is 0 Å². The number of aromatic nitrogens is 1. The molecule has 0 aliphatic rings. The van der Waals surface area contributed by atoms with Crippen molar-refractivity contribution < 1.29 is 19.0 Å². The van der Waals surface area contributed by atoms with Crippen LogP contribution in [0, 0.1) is 0 Å². The van der Waals surface area contributed by atoms with Gasteiger partial charge in [-0.05, 0) is 30.7 Å². The Morgan fingerprint density at radius 3 is 2.58 bits per heavy atom. The Morgan fingerprint density at radius 2 is 1.92 bits per heavy atom. The van der Waals surface area contributed by atoms with Crippen molar-refractivity contribution in [1.82, 2.24) is 9.88 Å². The number of rotatable bonds is 11. The lowest BCUT2D eigenvalue weighted by atomic mass is 10.3. The van der Waals surface area contributed by atoms with E-state index in [1.165, 1.54) is 0 Å². The van der Waals surface area contributed by atoms with Crippen LogP contribution in [0.15, 0.2) is 29.6 Å². The molecular formula is C19H26N2O4S. The highest BCUT2D eigenvalue weighted by Gasteiger charge is 2.14. The van der Waals surface area contributed by atoms with Crippen molar-refractivity contribution in [2.45, 2.75) is 32.9 Å². The number of nitrogens with zero attached hydrogens (tertiary/aromatic N) is 2. The van der Waals surface area contributed by atoms with Crippen molar-refractivity contribution in [3.8, 4) is 11.5 Å². The number of carbonyl (C=O) groups is 1. The molecule has 0 aliphatic heterocycles. The van der Waals surface area contributed by atoms with Gasteiger partial charge < -0.3 is 19.1 Å². The van der Waals surface area contributed by atoms with Crippen molar-refractivity contribution in [3.05, 3.63) is 40.3 Å². The van der Waals surface area contributed by atoms with E-state index in [9.17, 15) is 4.79 Å². The second-order valence-electron chi connectivity index (χ2n) is 5.71. The fraction of sp³-hybridized carbons (Fsp3) is 0.474. The Morgan fingerprint density at radius 1 is 1.19 bits per heavy atom. The van der Waals surface area contributed by atoms with Crippen molar-refractivity contribution >= 4 is 17.2 Å². The molecule has 2 rings (SSSR count). The van der Waals surface area contributed by atoms with Crippen LogP contribution in [0.25, 0.3) is 0 Å². The average molecular weight is 378 g/mol. The molecule has 0 saturated heterocycles. The van der Waals surface area contributed by atoms with Gasteiger partial charge >= 0.3 is 0 Å². The number of methoxy groups -OCH3 is 2. The second-order valence-corrected chi connectivity index (χ2v) is 6.65. The summed E-state index contributed by atoms with van der Waals surface area (Å²) in [6, 6.07) is 7.45. The Bertz CT molecular complexity index is 672. The van der Waals surface area contributed by atoms with Crippen molar-refractivity contribution in [2.24, 2.45) is 0 Å². The molecular weight excluding hydrogens is 352 g/mol. The molecule has 0 saturated carbocycles. The molecule has 1 heterocycles. The molecule has 0 atom stereocenters. The first kappa shape index (κ1) is 20.2. The zero-order valence-corrected chi connectivity index (χ0v) is 16.4. The first-order valence-electron chi connectivity index (χ1n) is 8.63. The van der Waals surface area contributed by atoms with E-state index in [0.717, 1.165) is 28.6 Å². The van der Waals surface area contributed by atoms with Gasteiger partial charge in [0.15, 0.2) is 0 Å². The Balaban J connectivity index is 1.88. The second kappa shape index (κ2) is 10.8. The Kier molecular flexibility index (Phi) is 8.37. The lowest BCUT2D eigenvalue weighted by Crippen LogP contribution is -2.31. The first-order valence-corrected chi connectivity index (χ1v) is 9.51. The molecule has 0 radical (unpaired) electrons. The van der Waals surface area contributed by atoms with Crippen LogP contribution >= 0.6 is 11.3 Å². The average Bonchev–Trinajstić information content (AvgIpc) is 3.13. The van der Waals surface area contributed by atoms with Gasteiger partial charge in [-0.3, -0.25) is 4.79 Å². The summed E-state index contributed by atoms with van der Waals surface area (Å²) < 4.78 is 16.0. The number of carbonyl (C=O) groups excluding carboxylic acids is 1. The van der Waals surface area contributed by atoms with E-state index in [4.69, 9.17) is 14.2 Å². The normalized spacial score (nSPS) is 10.6. The maximum absolute atomic E-state index is 12.1. The summed E-state index contributed by atoms with van der Waals surface area (Å²) in [7, 11) is 3.30. The molecule has 6 nitrogen and oxygen atoms in total. The summed E-state index contributed by atoms with van der Waals surface area (Å²) >= 11 is 1.54. The highest BCUT2D eigenvalue weighted by atomic mass is 32.1.